The largest absolute Gasteiger partial charge is 0.453 e. The van der Waals surface area contributed by atoms with Crippen molar-refractivity contribution >= 4 is 62.8 Å². The van der Waals surface area contributed by atoms with Crippen molar-refractivity contribution in [2.45, 2.75) is 25.9 Å². The molecule has 0 saturated carbocycles. The second kappa shape index (κ2) is 8.93. The Bertz CT molecular complexity index is 845. The molecule has 2 rings (SSSR count). The van der Waals surface area contributed by atoms with Gasteiger partial charge in [0.05, 0.1) is 21.2 Å². The highest BCUT2D eigenvalue weighted by Crippen LogP contribution is 2.24. The summed E-state index contributed by atoms with van der Waals surface area (Å²) < 4.78 is 5.51. The van der Waals surface area contributed by atoms with Gasteiger partial charge in [-0.15, -0.1) is 22.7 Å². The van der Waals surface area contributed by atoms with E-state index in [1.54, 1.807) is 17.5 Å². The van der Waals surface area contributed by atoms with Crippen LogP contribution in [0.4, 0.5) is 5.00 Å². The quantitative estimate of drug-likeness (QED) is 0.508. The molecule has 0 unspecified atom stereocenters. The van der Waals surface area contributed by atoms with E-state index in [-0.39, 0.29) is 29.2 Å². The molecule has 0 aliphatic heterocycles. The number of anilines is 1. The lowest BCUT2D eigenvalue weighted by Crippen LogP contribution is -2.30. The van der Waals surface area contributed by atoms with Crippen molar-refractivity contribution in [3.8, 4) is 0 Å². The summed E-state index contributed by atoms with van der Waals surface area (Å²) in [4.78, 5) is 47.5. The van der Waals surface area contributed by atoms with Crippen LogP contribution in [0.5, 0.6) is 0 Å². The Balaban J connectivity index is 1.82. The molecule has 1 atom stereocenters. The minimum Gasteiger partial charge on any atom is -0.453 e. The van der Waals surface area contributed by atoms with E-state index in [9.17, 15) is 19.2 Å². The van der Waals surface area contributed by atoms with Crippen molar-refractivity contribution < 1.29 is 23.9 Å². The molecule has 0 aliphatic rings. The molecule has 0 saturated heterocycles. The van der Waals surface area contributed by atoms with Gasteiger partial charge in [0.25, 0.3) is 11.8 Å². The summed E-state index contributed by atoms with van der Waals surface area (Å²) in [5, 5.41) is 4.39. The number of carbonyl (C=O) groups is 4. The van der Waals surface area contributed by atoms with Gasteiger partial charge in [0.15, 0.2) is 11.9 Å². The first kappa shape index (κ1) is 20.1. The number of thiophene rings is 2. The molecule has 2 amide bonds. The van der Waals surface area contributed by atoms with Crippen molar-refractivity contribution in [2.75, 3.05) is 5.32 Å². The van der Waals surface area contributed by atoms with Crippen LogP contribution < -0.4 is 11.1 Å². The van der Waals surface area contributed by atoms with E-state index in [0.717, 1.165) is 22.7 Å². The van der Waals surface area contributed by atoms with E-state index in [1.807, 2.05) is 0 Å². The standard InChI is InChI=1S/C16H15ClN2O5S2/c1-8(15(23)19-16-9(14(18)22)6-7-25-16)24-13(21)5-2-10(20)11-3-4-12(17)26-11/h3-4,6-8H,2,5H2,1H3,(H2,18,22)(H,19,23)/t8-/m1/s1. The minimum atomic E-state index is -1.09. The summed E-state index contributed by atoms with van der Waals surface area (Å²) in [6.45, 7) is 1.39. The van der Waals surface area contributed by atoms with Gasteiger partial charge in [0, 0.05) is 6.42 Å². The van der Waals surface area contributed by atoms with Crippen LogP contribution in [-0.4, -0.2) is 29.7 Å². The van der Waals surface area contributed by atoms with Crippen LogP contribution in [0.15, 0.2) is 23.6 Å². The van der Waals surface area contributed by atoms with Crippen molar-refractivity contribution in [1.29, 1.82) is 0 Å². The molecule has 0 fully saturated rings. The number of rotatable bonds is 8. The van der Waals surface area contributed by atoms with Gasteiger partial charge < -0.3 is 15.8 Å². The highest BCUT2D eigenvalue weighted by Gasteiger charge is 2.21. The number of ketones is 1. The molecular formula is C16H15ClN2O5S2. The van der Waals surface area contributed by atoms with Crippen LogP contribution in [0.2, 0.25) is 4.34 Å². The molecule has 2 aromatic rings. The van der Waals surface area contributed by atoms with Crippen LogP contribution >= 0.6 is 34.3 Å². The van der Waals surface area contributed by atoms with Crippen LogP contribution in [-0.2, 0) is 14.3 Å². The first-order valence-corrected chi connectivity index (χ1v) is 9.51. The van der Waals surface area contributed by atoms with E-state index in [1.165, 1.54) is 13.0 Å². The Labute approximate surface area is 162 Å². The zero-order chi connectivity index (χ0) is 19.3. The summed E-state index contributed by atoms with van der Waals surface area (Å²) in [5.41, 5.74) is 5.38. The molecule has 10 heteroatoms. The monoisotopic (exact) mass is 414 g/mol. The van der Waals surface area contributed by atoms with Gasteiger partial charge in [-0.25, -0.2) is 0 Å². The van der Waals surface area contributed by atoms with Gasteiger partial charge in [-0.05, 0) is 30.5 Å². The van der Waals surface area contributed by atoms with Gasteiger partial charge in [0.1, 0.15) is 5.00 Å². The van der Waals surface area contributed by atoms with Crippen molar-refractivity contribution in [1.82, 2.24) is 0 Å². The normalized spacial score (nSPS) is 11.6. The number of primary amides is 1. The number of ether oxygens (including phenoxy) is 1. The maximum atomic E-state index is 12.1. The maximum absolute atomic E-state index is 12.1. The lowest BCUT2D eigenvalue weighted by atomic mass is 10.2. The molecule has 7 nitrogen and oxygen atoms in total. The number of esters is 1. The topological polar surface area (TPSA) is 116 Å². The number of hydrogen-bond acceptors (Lipinski definition) is 7. The van der Waals surface area contributed by atoms with Gasteiger partial charge in [-0.2, -0.15) is 0 Å². The molecule has 2 aromatic heterocycles. The fourth-order valence-corrected chi connectivity index (χ4v) is 3.73. The highest BCUT2D eigenvalue weighted by atomic mass is 35.5. The molecule has 0 radical (unpaired) electrons. The number of hydrogen-bond donors (Lipinski definition) is 2. The Kier molecular flexibility index (Phi) is 6.90. The Morgan fingerprint density at radius 3 is 2.58 bits per heavy atom. The summed E-state index contributed by atoms with van der Waals surface area (Å²) >= 11 is 8.03. The smallest absolute Gasteiger partial charge is 0.307 e. The lowest BCUT2D eigenvalue weighted by molar-refractivity contribution is -0.153. The number of nitrogens with two attached hydrogens (primary N) is 1. The van der Waals surface area contributed by atoms with Crippen molar-refractivity contribution in [3.63, 3.8) is 0 Å². The molecule has 26 heavy (non-hydrogen) atoms. The number of carbonyl (C=O) groups excluding carboxylic acids is 4. The molecule has 0 aromatic carbocycles. The summed E-state index contributed by atoms with van der Waals surface area (Å²) in [6, 6.07) is 4.69. The SMILES string of the molecule is C[C@@H](OC(=O)CCC(=O)c1ccc(Cl)s1)C(=O)Nc1sccc1C(N)=O. The van der Waals surface area contributed by atoms with Crippen molar-refractivity contribution in [3.05, 3.63) is 38.4 Å². The molecule has 0 spiro atoms. The van der Waals surface area contributed by atoms with E-state index >= 15 is 0 Å². The van der Waals surface area contributed by atoms with E-state index in [4.69, 9.17) is 22.1 Å². The molecule has 0 aliphatic carbocycles. The van der Waals surface area contributed by atoms with Gasteiger partial charge in [-0.1, -0.05) is 11.6 Å². The van der Waals surface area contributed by atoms with Gasteiger partial charge in [-0.3, -0.25) is 19.2 Å². The average Bonchev–Trinajstić information content (AvgIpc) is 3.21. The minimum absolute atomic E-state index is 0.0409. The zero-order valence-electron chi connectivity index (χ0n) is 13.6. The molecule has 0 bridgehead atoms. The summed E-state index contributed by atoms with van der Waals surface area (Å²) in [5.74, 6) is -2.16. The van der Waals surface area contributed by atoms with Crippen molar-refractivity contribution in [2.24, 2.45) is 5.73 Å². The molecule has 138 valence electrons. The highest BCUT2D eigenvalue weighted by molar-refractivity contribution is 7.18. The molecule has 3 N–H and O–H groups in total. The predicted octanol–water partition coefficient (Wildman–Crippen LogP) is 3.10. The Morgan fingerprint density at radius 2 is 1.96 bits per heavy atom. The number of amides is 2. The second-order valence-electron chi connectivity index (χ2n) is 5.18. The van der Waals surface area contributed by atoms with Crippen LogP contribution in [0.3, 0.4) is 0 Å². The third kappa shape index (κ3) is 5.38. The van der Waals surface area contributed by atoms with E-state index in [2.05, 4.69) is 5.32 Å². The van der Waals surface area contributed by atoms with Crippen LogP contribution in [0.1, 0.15) is 39.8 Å². The fourth-order valence-electron chi connectivity index (χ4n) is 1.93. The first-order chi connectivity index (χ1) is 12.3. The fraction of sp³-hybridized carbons (Fsp3) is 0.250. The number of halogens is 1. The van der Waals surface area contributed by atoms with Crippen LogP contribution in [0.25, 0.3) is 0 Å². The maximum Gasteiger partial charge on any atom is 0.307 e. The van der Waals surface area contributed by atoms with Gasteiger partial charge >= 0.3 is 5.97 Å². The zero-order valence-corrected chi connectivity index (χ0v) is 16.0. The van der Waals surface area contributed by atoms with Gasteiger partial charge in [0.2, 0.25) is 0 Å². The second-order valence-corrected chi connectivity index (χ2v) is 7.81. The summed E-state index contributed by atoms with van der Waals surface area (Å²) in [6.07, 6.45) is -1.28. The van der Waals surface area contributed by atoms with Crippen LogP contribution in [0, 0.1) is 0 Å². The van der Waals surface area contributed by atoms with E-state index < -0.39 is 23.9 Å². The third-order valence-corrected chi connectivity index (χ3v) is 5.35. The number of Topliss-reactive ketones (excluding diaryl/α,β-unsaturated/α-hetero) is 1. The molecular weight excluding hydrogens is 400 g/mol. The summed E-state index contributed by atoms with van der Waals surface area (Å²) in [7, 11) is 0. The third-order valence-electron chi connectivity index (χ3n) is 3.25. The van der Waals surface area contributed by atoms with E-state index in [0.29, 0.717) is 9.21 Å². The number of nitrogens with one attached hydrogen (secondary N) is 1. The Morgan fingerprint density at radius 1 is 1.23 bits per heavy atom. The first-order valence-electron chi connectivity index (χ1n) is 7.44. The lowest BCUT2D eigenvalue weighted by Gasteiger charge is -2.13. The molecule has 2 heterocycles. The average molecular weight is 415 g/mol. The predicted molar refractivity (Wildman–Crippen MR) is 99.9 cm³/mol. The Hall–Kier alpha value is -2.23.